The van der Waals surface area contributed by atoms with Crippen molar-refractivity contribution in [2.45, 2.75) is 104 Å². The quantitative estimate of drug-likeness (QED) is 0.0452. The minimum Gasteiger partial charge on any atom is -0.323 e. The van der Waals surface area contributed by atoms with Crippen LogP contribution in [0.3, 0.4) is 0 Å². The molecule has 3 aliphatic heterocycles. The first-order chi connectivity index (χ1) is 26.7. The molecule has 0 aromatic heterocycles. The van der Waals surface area contributed by atoms with Gasteiger partial charge in [-0.2, -0.15) is 15.3 Å². The van der Waals surface area contributed by atoms with Gasteiger partial charge in [0.25, 0.3) is 29.1 Å². The zero-order chi connectivity index (χ0) is 41.6. The number of fused-ring (bicyclic) bond motifs is 1. The maximum absolute atomic E-state index is 13.2. The van der Waals surface area contributed by atoms with Crippen molar-refractivity contribution < 1.29 is 29.0 Å². The Bertz CT molecular complexity index is 1820. The highest BCUT2D eigenvalue weighted by Crippen LogP contribution is 2.51. The van der Waals surface area contributed by atoms with Crippen molar-refractivity contribution in [1.29, 1.82) is 0 Å². The van der Waals surface area contributed by atoms with Crippen LogP contribution in [0.4, 0.5) is 11.4 Å². The number of unbranched alkanes of at least 4 members (excludes halogenated alkanes) is 6. The van der Waals surface area contributed by atoms with Gasteiger partial charge in [0.1, 0.15) is 11.5 Å². The van der Waals surface area contributed by atoms with Crippen molar-refractivity contribution >= 4 is 40.7 Å². The van der Waals surface area contributed by atoms with Crippen molar-refractivity contribution in [2.24, 2.45) is 38.9 Å². The number of hydrogen-bond donors (Lipinski definition) is 1. The molecule has 302 valence electrons. The number of rotatable bonds is 16. The predicted octanol–water partition coefficient (Wildman–Crippen LogP) is 7.25. The SMILES string of the molecule is CC(C)C(=NN)c1cccc([N+](=O)[O-])c1.CCCCCCN1C(=O)C2N=NC(c3cccc([N+](=O)[O-])c3)(C(C)C)C2C1=O.CCCCCCN1C(=O)C=CC1=O. The molecule has 2 N–H and O–H groups in total. The molecule has 3 unspecified atom stereocenters. The van der Waals surface area contributed by atoms with Crippen LogP contribution in [0.15, 0.2) is 76.0 Å². The van der Waals surface area contributed by atoms with Gasteiger partial charge in [0.2, 0.25) is 5.91 Å². The normalized spacial score (nSPS) is 20.0. The maximum Gasteiger partial charge on any atom is 0.270 e. The third kappa shape index (κ3) is 10.5. The molecule has 0 radical (unpaired) electrons. The first kappa shape index (κ1) is 44.7. The Morgan fingerprint density at radius 2 is 1.32 bits per heavy atom. The first-order valence-electron chi connectivity index (χ1n) is 19.2. The summed E-state index contributed by atoms with van der Waals surface area (Å²) in [6, 6.07) is 11.6. The minimum absolute atomic E-state index is 0.0503. The fraction of sp³-hybridized carbons (Fsp3) is 0.525. The average Bonchev–Trinajstić information content (AvgIpc) is 3.81. The number of hydrazone groups is 1. The monoisotopic (exact) mass is 774 g/mol. The molecular formula is C40H54N8O8. The Morgan fingerprint density at radius 1 is 0.786 bits per heavy atom. The topological polar surface area (TPSA) is 224 Å². The number of nitro benzene ring substituents is 2. The van der Waals surface area contributed by atoms with Gasteiger partial charge in [-0.05, 0) is 30.2 Å². The van der Waals surface area contributed by atoms with Crippen molar-refractivity contribution in [2.75, 3.05) is 13.1 Å². The smallest absolute Gasteiger partial charge is 0.270 e. The molecule has 5 rings (SSSR count). The Labute approximate surface area is 327 Å². The standard InChI is InChI=1S/C20H26N4O4.C10H13N3O2.C10H15NO2/c1-4-5-6-7-11-23-18(25)16-17(19(23)26)21-22-20(16,13(2)3)14-9-8-10-15(12-14)24(27)28;1-7(2)10(12-11)8-4-3-5-9(6-8)13(14)15;1-2-3-4-5-8-11-9(12)6-7-10(11)13/h8-10,12-13,16-17H,4-7,11H2,1-3H3;3-7H,11H2,1-2H3;6-7H,2-5,8H2,1H3. The van der Waals surface area contributed by atoms with E-state index >= 15 is 0 Å². The van der Waals surface area contributed by atoms with E-state index in [2.05, 4.69) is 29.2 Å². The van der Waals surface area contributed by atoms with Crippen LogP contribution in [-0.4, -0.2) is 68.1 Å². The average molecular weight is 775 g/mol. The van der Waals surface area contributed by atoms with E-state index in [0.29, 0.717) is 29.9 Å². The molecule has 56 heavy (non-hydrogen) atoms. The number of nitro groups is 2. The Hall–Kier alpha value is -5.67. The lowest BCUT2D eigenvalue weighted by Crippen LogP contribution is -2.43. The molecule has 16 nitrogen and oxygen atoms in total. The minimum atomic E-state index is -1.07. The van der Waals surface area contributed by atoms with Crippen LogP contribution in [0.5, 0.6) is 0 Å². The molecule has 0 bridgehead atoms. The van der Waals surface area contributed by atoms with Crippen LogP contribution in [0.1, 0.15) is 104 Å². The molecule has 4 amide bonds. The second-order valence-electron chi connectivity index (χ2n) is 14.5. The van der Waals surface area contributed by atoms with Crippen LogP contribution in [-0.2, 0) is 24.7 Å². The highest BCUT2D eigenvalue weighted by molar-refractivity contribution is 6.12. The number of amides is 4. The van der Waals surface area contributed by atoms with Gasteiger partial charge in [0.15, 0.2) is 6.04 Å². The van der Waals surface area contributed by atoms with Crippen molar-refractivity contribution in [3.8, 4) is 0 Å². The number of azo groups is 1. The number of likely N-dealkylation sites (tertiary alicyclic amines) is 1. The fourth-order valence-electron chi connectivity index (χ4n) is 6.99. The van der Waals surface area contributed by atoms with Crippen LogP contribution < -0.4 is 5.84 Å². The van der Waals surface area contributed by atoms with E-state index in [0.717, 1.165) is 38.5 Å². The number of carbonyl (C=O) groups excluding carboxylic acids is 4. The largest absolute Gasteiger partial charge is 0.323 e. The van der Waals surface area contributed by atoms with Crippen molar-refractivity contribution in [1.82, 2.24) is 9.80 Å². The van der Waals surface area contributed by atoms with Gasteiger partial charge in [0.05, 0.1) is 15.6 Å². The zero-order valence-corrected chi connectivity index (χ0v) is 33.1. The van der Waals surface area contributed by atoms with Crippen LogP contribution >= 0.6 is 0 Å². The summed E-state index contributed by atoms with van der Waals surface area (Å²) in [6.45, 7) is 12.9. The zero-order valence-electron chi connectivity index (χ0n) is 33.1. The summed E-state index contributed by atoms with van der Waals surface area (Å²) in [6.07, 6.45) is 10.9. The number of hydrogen-bond acceptors (Lipinski definition) is 12. The van der Waals surface area contributed by atoms with Gasteiger partial charge in [-0.15, -0.1) is 0 Å². The van der Waals surface area contributed by atoms with E-state index in [9.17, 15) is 39.4 Å². The summed E-state index contributed by atoms with van der Waals surface area (Å²) in [5, 5.41) is 34.0. The van der Waals surface area contributed by atoms with Gasteiger partial charge in [-0.3, -0.25) is 49.2 Å². The molecule has 0 aliphatic carbocycles. The van der Waals surface area contributed by atoms with Gasteiger partial charge < -0.3 is 5.84 Å². The molecule has 1 saturated heterocycles. The van der Waals surface area contributed by atoms with E-state index in [1.807, 2.05) is 27.7 Å². The van der Waals surface area contributed by atoms with E-state index in [1.54, 1.807) is 24.3 Å². The van der Waals surface area contributed by atoms with E-state index in [-0.39, 0.29) is 46.8 Å². The third-order valence-corrected chi connectivity index (χ3v) is 10.00. The molecule has 0 spiro atoms. The molecule has 2 aromatic carbocycles. The molecule has 1 fully saturated rings. The Morgan fingerprint density at radius 3 is 1.82 bits per heavy atom. The summed E-state index contributed by atoms with van der Waals surface area (Å²) < 4.78 is 0. The van der Waals surface area contributed by atoms with Gasteiger partial charge in [-0.25, -0.2) is 0 Å². The summed E-state index contributed by atoms with van der Waals surface area (Å²) in [5.74, 6) is 3.58. The van der Waals surface area contributed by atoms with Crippen molar-refractivity contribution in [3.63, 3.8) is 0 Å². The summed E-state index contributed by atoms with van der Waals surface area (Å²) in [4.78, 5) is 71.7. The van der Waals surface area contributed by atoms with Crippen molar-refractivity contribution in [3.05, 3.63) is 92.0 Å². The van der Waals surface area contributed by atoms with E-state index < -0.39 is 27.3 Å². The molecule has 2 aromatic rings. The van der Waals surface area contributed by atoms with Gasteiger partial charge >= 0.3 is 0 Å². The molecule has 0 saturated carbocycles. The number of nitrogens with zero attached hydrogens (tertiary/aromatic N) is 7. The predicted molar refractivity (Wildman–Crippen MR) is 211 cm³/mol. The summed E-state index contributed by atoms with van der Waals surface area (Å²) >= 11 is 0. The lowest BCUT2D eigenvalue weighted by atomic mass is 9.70. The summed E-state index contributed by atoms with van der Waals surface area (Å²) in [5.41, 5.74) is 0.836. The first-order valence-corrected chi connectivity index (χ1v) is 19.2. The van der Waals surface area contributed by atoms with Crippen LogP contribution in [0.25, 0.3) is 0 Å². The highest BCUT2D eigenvalue weighted by atomic mass is 16.6. The number of nitrogens with two attached hydrogens (primary N) is 1. The molecule has 3 atom stereocenters. The second-order valence-corrected chi connectivity index (χ2v) is 14.5. The highest BCUT2D eigenvalue weighted by Gasteiger charge is 2.63. The van der Waals surface area contributed by atoms with E-state index in [4.69, 9.17) is 5.84 Å². The van der Waals surface area contributed by atoms with E-state index in [1.165, 1.54) is 59.1 Å². The van der Waals surface area contributed by atoms with Crippen LogP contribution in [0.2, 0.25) is 0 Å². The molecule has 3 aliphatic rings. The Kier molecular flexibility index (Phi) is 16.7. The number of imide groups is 2. The molecule has 3 heterocycles. The Balaban J connectivity index is 0.000000252. The van der Waals surface area contributed by atoms with Gasteiger partial charge in [0, 0.05) is 55.1 Å². The van der Waals surface area contributed by atoms with Crippen LogP contribution in [0, 0.1) is 38.0 Å². The maximum atomic E-state index is 13.2. The lowest BCUT2D eigenvalue weighted by molar-refractivity contribution is -0.385. The molecular weight excluding hydrogens is 720 g/mol. The number of non-ortho nitro benzene ring substituents is 2. The molecule has 16 heteroatoms. The summed E-state index contributed by atoms with van der Waals surface area (Å²) in [7, 11) is 0. The van der Waals surface area contributed by atoms with Gasteiger partial charge in [-0.1, -0.05) is 104 Å². The second kappa shape index (κ2) is 20.9. The number of carbonyl (C=O) groups is 4. The number of benzene rings is 2. The fourth-order valence-corrected chi connectivity index (χ4v) is 6.99. The lowest BCUT2D eigenvalue weighted by Gasteiger charge is -2.34. The third-order valence-electron chi connectivity index (χ3n) is 10.00.